The summed E-state index contributed by atoms with van der Waals surface area (Å²) < 4.78 is 77.5. The summed E-state index contributed by atoms with van der Waals surface area (Å²) in [7, 11) is 0. The first kappa shape index (κ1) is 110. The summed E-state index contributed by atoms with van der Waals surface area (Å²) in [6.45, 7) is 23.4. The van der Waals surface area contributed by atoms with Gasteiger partial charge in [0.1, 0.15) is 33.6 Å². The van der Waals surface area contributed by atoms with E-state index in [0.29, 0.717) is 54.7 Å². The highest BCUT2D eigenvalue weighted by atomic mass is 79.9. The molecule has 0 radical (unpaired) electrons. The van der Waals surface area contributed by atoms with Crippen LogP contribution in [-0.2, 0) is 13.1 Å². The van der Waals surface area contributed by atoms with Gasteiger partial charge in [0.15, 0.2) is 23.3 Å². The largest absolute Gasteiger partial charge is 0.494 e. The maximum atomic E-state index is 16.5. The Labute approximate surface area is 859 Å². The second-order valence-electron chi connectivity index (χ2n) is 35.8. The van der Waals surface area contributed by atoms with Crippen molar-refractivity contribution in [3.05, 3.63) is 276 Å². The predicted octanol–water partition coefficient (Wildman–Crippen LogP) is 40.8. The van der Waals surface area contributed by atoms with Crippen LogP contribution < -0.4 is 19.3 Å². The van der Waals surface area contributed by atoms with E-state index < -0.39 is 23.3 Å². The Kier molecular flexibility index (Phi) is 47.2. The molecule has 0 unspecified atom stereocenters. The fourth-order valence-electron chi connectivity index (χ4n) is 17.3. The molecule has 20 heteroatoms. The molecule has 139 heavy (non-hydrogen) atoms. The fraction of sp³-hybridized carbons (Fsp3) is 0.395. The maximum Gasteiger partial charge on any atom is 0.170 e. The smallest absolute Gasteiger partial charge is 0.170 e. The molecule has 14 rings (SSSR count). The number of hydrogen-bond donors (Lipinski definition) is 0. The molecule has 0 aliphatic rings. The standard InChI is InChI=1S/C60H72F2N4OS2.C30H37Br2F2N3S2.C28H31NO.CH4/c1-5-8-10-12-13-14-15-16-17-18-19-20-21-22-43-65-63-59-55(53-41-25-45(4)68-53)57(61)58(62)56(60(59)64-65)54-42-40-52(69-54)39-30-47-28-33-49(34-29-47)66(48-31-26-46(24-7-3)27-32-48)50-35-37-51(38-36-50)67-44-23-11-9-6-2;1-2-3-4-5-6-7-8-9-10-11-12-13-14-15-20-37-35-29-25(21-16-18-23(31)38-21)27(33)28(34)26(30(29)36-37)22-17-19-24(32)39-22;1-4-7-8-9-22-30-28-20-18-27(19-21-28)29(25-14-10-23(5-2)11-15-25)26-16-12-24(6-3)13-17-26;/h7,24-42H,5-6,8-23,43-44H2,1-4H3;16-19H,2-15,20H2,1H3;5-6,10-21H,2-4,7-9,22H2,1H3;1H4/b24-7+,39-30+;;;. The Balaban J connectivity index is 0.000000222. The van der Waals surface area contributed by atoms with Gasteiger partial charge in [-0.1, -0.05) is 333 Å². The van der Waals surface area contributed by atoms with Crippen molar-refractivity contribution in [2.24, 2.45) is 0 Å². The Morgan fingerprint density at radius 3 is 0.863 bits per heavy atom. The lowest BCUT2D eigenvalue weighted by atomic mass is 10.0. The molecule has 0 aliphatic heterocycles. The Hall–Kier alpha value is -9.80. The molecule has 0 spiro atoms. The Morgan fingerprint density at radius 1 is 0.309 bits per heavy atom. The number of aromatic nitrogens is 6. The molecule has 8 aromatic carbocycles. The van der Waals surface area contributed by atoms with E-state index in [9.17, 15) is 0 Å². The van der Waals surface area contributed by atoms with Crippen LogP contribution in [0.5, 0.6) is 11.5 Å². The van der Waals surface area contributed by atoms with Gasteiger partial charge >= 0.3 is 0 Å². The number of hydrogen-bond acceptors (Lipinski definition) is 12. The summed E-state index contributed by atoms with van der Waals surface area (Å²) >= 11 is 12.5. The number of allylic oxidation sites excluding steroid dienone is 1. The molecule has 6 aromatic heterocycles. The molecule has 0 saturated carbocycles. The van der Waals surface area contributed by atoms with Gasteiger partial charge in [-0.2, -0.15) is 30.0 Å². The summed E-state index contributed by atoms with van der Waals surface area (Å²) in [4.78, 5) is 12.3. The number of benzene rings is 8. The molecule has 738 valence electrons. The lowest BCUT2D eigenvalue weighted by molar-refractivity contribution is 0.305. The number of nitrogens with zero attached hydrogens (tertiary/aromatic N) is 8. The van der Waals surface area contributed by atoms with E-state index in [1.54, 1.807) is 21.7 Å². The quantitative estimate of drug-likeness (QED) is 0.0275. The highest BCUT2D eigenvalue weighted by Gasteiger charge is 2.30. The van der Waals surface area contributed by atoms with Crippen LogP contribution >= 0.6 is 77.2 Å². The van der Waals surface area contributed by atoms with Gasteiger partial charge in [0, 0.05) is 63.4 Å². The van der Waals surface area contributed by atoms with Crippen molar-refractivity contribution in [2.75, 3.05) is 23.0 Å². The van der Waals surface area contributed by atoms with Crippen molar-refractivity contribution in [1.82, 2.24) is 30.0 Å². The van der Waals surface area contributed by atoms with Crippen LogP contribution in [0.2, 0.25) is 0 Å². The third kappa shape index (κ3) is 33.1. The van der Waals surface area contributed by atoms with E-state index in [1.165, 1.54) is 238 Å². The molecule has 0 bridgehead atoms. The second kappa shape index (κ2) is 59.8. The number of fused-ring (bicyclic) bond motifs is 2. The Bertz CT molecular complexity index is 5900. The minimum Gasteiger partial charge on any atom is -0.494 e. The molecule has 10 nitrogen and oxygen atoms in total. The van der Waals surface area contributed by atoms with E-state index in [0.717, 1.165) is 137 Å². The average Bonchev–Trinajstić information content (AvgIpc) is 1.66. The van der Waals surface area contributed by atoms with Gasteiger partial charge < -0.3 is 19.3 Å². The zero-order valence-electron chi connectivity index (χ0n) is 81.9. The van der Waals surface area contributed by atoms with Crippen molar-refractivity contribution in [1.29, 1.82) is 0 Å². The molecular weight excluding hydrogens is 1940 g/mol. The monoisotopic (exact) mass is 2080 g/mol. The van der Waals surface area contributed by atoms with Crippen LogP contribution in [0.1, 0.15) is 305 Å². The number of ether oxygens (including phenoxy) is 2. The molecule has 0 saturated heterocycles. The van der Waals surface area contributed by atoms with Crippen LogP contribution in [0.3, 0.4) is 0 Å². The predicted molar refractivity (Wildman–Crippen MR) is 601 cm³/mol. The van der Waals surface area contributed by atoms with E-state index in [2.05, 4.69) is 250 Å². The zero-order valence-corrected chi connectivity index (χ0v) is 88.4. The van der Waals surface area contributed by atoms with E-state index >= 15 is 17.6 Å². The minimum absolute atomic E-state index is 0. The third-order valence-corrected chi connectivity index (χ3v) is 30.4. The first-order valence-corrected chi connectivity index (χ1v) is 55.7. The van der Waals surface area contributed by atoms with Crippen molar-refractivity contribution in [3.8, 4) is 53.3 Å². The second-order valence-corrected chi connectivity index (χ2v) is 43.2. The molecule has 6 heterocycles. The first-order chi connectivity index (χ1) is 67.6. The summed E-state index contributed by atoms with van der Waals surface area (Å²) in [6, 6.07) is 65.4. The van der Waals surface area contributed by atoms with Crippen LogP contribution in [-0.4, -0.2) is 43.2 Å². The molecule has 0 fully saturated rings. The molecule has 0 aliphatic carbocycles. The minimum atomic E-state index is -0.884. The fourth-order valence-corrected chi connectivity index (χ4v) is 22.0. The van der Waals surface area contributed by atoms with Gasteiger partial charge in [0.05, 0.1) is 56.1 Å². The molecular formula is C119H144Br2F4N8O2S4. The van der Waals surface area contributed by atoms with E-state index in [4.69, 9.17) is 19.7 Å². The summed E-state index contributed by atoms with van der Waals surface area (Å²) in [6.07, 6.45) is 57.6. The third-order valence-electron chi connectivity index (χ3n) is 25.0. The van der Waals surface area contributed by atoms with Crippen molar-refractivity contribution < 1.29 is 27.0 Å². The average molecular weight is 2080 g/mol. The number of thiophene rings is 4. The number of rotatable bonds is 57. The topological polar surface area (TPSA) is 86.4 Å². The number of unbranched alkanes of at least 4 members (excludes halogenated alkanes) is 32. The molecule has 0 amide bonds. The number of aryl methyl sites for hydroxylation is 3. The number of halogens is 6. The summed E-state index contributed by atoms with van der Waals surface area (Å²) in [5.74, 6) is -1.72. The van der Waals surface area contributed by atoms with Gasteiger partial charge in [0.25, 0.3) is 0 Å². The van der Waals surface area contributed by atoms with Crippen molar-refractivity contribution >= 4 is 164 Å². The lowest BCUT2D eigenvalue weighted by Crippen LogP contribution is -2.10. The first-order valence-electron chi connectivity index (χ1n) is 50.8. The van der Waals surface area contributed by atoms with E-state index in [1.807, 2.05) is 74.5 Å². The van der Waals surface area contributed by atoms with E-state index in [-0.39, 0.29) is 29.7 Å². The highest BCUT2D eigenvalue weighted by Crippen LogP contribution is 2.47. The van der Waals surface area contributed by atoms with Gasteiger partial charge in [-0.05, 0) is 245 Å². The Morgan fingerprint density at radius 2 is 0.576 bits per heavy atom. The van der Waals surface area contributed by atoms with Crippen molar-refractivity contribution in [2.45, 2.75) is 293 Å². The maximum absolute atomic E-state index is 16.5. The van der Waals surface area contributed by atoms with Gasteiger partial charge in [-0.3, -0.25) is 0 Å². The van der Waals surface area contributed by atoms with Crippen LogP contribution in [0.15, 0.2) is 221 Å². The van der Waals surface area contributed by atoms with Crippen molar-refractivity contribution in [3.63, 3.8) is 0 Å². The zero-order chi connectivity index (χ0) is 97.0. The normalized spacial score (nSPS) is 11.4. The van der Waals surface area contributed by atoms with Gasteiger partial charge in [-0.15, -0.1) is 45.3 Å². The molecule has 14 aromatic rings. The summed E-state index contributed by atoms with van der Waals surface area (Å²) in [5.41, 5.74) is 13.1. The molecule has 0 N–H and O–H groups in total. The van der Waals surface area contributed by atoms with Crippen LogP contribution in [0.4, 0.5) is 51.7 Å². The lowest BCUT2D eigenvalue weighted by Gasteiger charge is -2.26. The number of anilines is 6. The van der Waals surface area contributed by atoms with Gasteiger partial charge in [0.2, 0.25) is 0 Å². The van der Waals surface area contributed by atoms with Gasteiger partial charge in [-0.25, -0.2) is 17.6 Å². The SMILES string of the molecule is C.C/C=C/c1ccc(N(c2ccc(/C=C/c3ccc(-c4c(F)c(F)c(-c5ccc(C)s5)c5nn(CCCCCCCCCCCCCCCC)nc45)s3)cc2)c2ccc(OCCCCCC)cc2)cc1.C=Cc1ccc(N(c2ccc(C=C)cc2)c2ccc(OCCCCCC)cc2)cc1.CCCCCCCCCCCCCCCCn1nc2c(-c3ccc(Br)s3)c(F)c(F)c(-c3ccc(Br)s3)c2n1. The van der Waals surface area contributed by atoms with Crippen LogP contribution in [0, 0.1) is 30.2 Å². The van der Waals surface area contributed by atoms with Crippen LogP contribution in [0.25, 0.3) is 94.2 Å². The summed E-state index contributed by atoms with van der Waals surface area (Å²) in [5, 5.41) is 19.1. The molecule has 0 atom stereocenters. The highest BCUT2D eigenvalue weighted by molar-refractivity contribution is 9.11.